The van der Waals surface area contributed by atoms with Gasteiger partial charge < -0.3 is 8.94 Å². The van der Waals surface area contributed by atoms with Crippen LogP contribution in [0.3, 0.4) is 0 Å². The van der Waals surface area contributed by atoms with Crippen molar-refractivity contribution < 1.29 is 18.4 Å². The van der Waals surface area contributed by atoms with Gasteiger partial charge in [-0.05, 0) is 44.1 Å². The Hall–Kier alpha value is -0.590. The summed E-state index contributed by atoms with van der Waals surface area (Å²) in [5.41, 5.74) is -0.131. The molecule has 0 saturated heterocycles. The predicted octanol–water partition coefficient (Wildman–Crippen LogP) is 5.01. The molecule has 2 aliphatic rings. The van der Waals surface area contributed by atoms with E-state index in [2.05, 4.69) is 0 Å². The minimum atomic E-state index is -3.21. The lowest BCUT2D eigenvalue weighted by Crippen LogP contribution is -2.32. The number of nitro groups is 1. The van der Waals surface area contributed by atoms with Crippen LogP contribution in [0.15, 0.2) is 16.5 Å². The third-order valence-corrected chi connectivity index (χ3v) is 8.50. The molecule has 2 aliphatic carbocycles. The number of halogens is 2. The summed E-state index contributed by atoms with van der Waals surface area (Å²) in [5, 5.41) is 10.8. The van der Waals surface area contributed by atoms with Crippen LogP contribution >= 0.6 is 30.7 Å². The van der Waals surface area contributed by atoms with Gasteiger partial charge in [-0.15, -0.1) is 23.2 Å². The van der Waals surface area contributed by atoms with E-state index in [1.165, 1.54) is 12.1 Å². The van der Waals surface area contributed by atoms with Crippen LogP contribution in [0.2, 0.25) is 0 Å². The second-order valence-electron chi connectivity index (χ2n) is 6.80. The molecule has 0 spiro atoms. The fourth-order valence-electron chi connectivity index (χ4n) is 3.33. The van der Waals surface area contributed by atoms with Crippen LogP contribution in [0.1, 0.15) is 37.9 Å². The number of rotatable bonds is 12. The Morgan fingerprint density at radius 1 is 1.31 bits per heavy atom. The van der Waals surface area contributed by atoms with Crippen LogP contribution < -0.4 is 0 Å². The van der Waals surface area contributed by atoms with E-state index in [4.69, 9.17) is 32.1 Å². The molecule has 0 N–H and O–H groups in total. The van der Waals surface area contributed by atoms with Crippen molar-refractivity contribution in [3.8, 4) is 0 Å². The molecule has 2 fully saturated rings. The average Bonchev–Trinajstić information content (AvgIpc) is 3.54. The van der Waals surface area contributed by atoms with E-state index in [-0.39, 0.29) is 24.2 Å². The third kappa shape index (κ3) is 4.63. The molecule has 3 rings (SSSR count). The first-order valence-electron chi connectivity index (χ1n) is 8.86. The Morgan fingerprint density at radius 2 is 2.04 bits per heavy atom. The average molecular weight is 425 g/mol. The first-order valence-corrected chi connectivity index (χ1v) is 11.6. The minimum absolute atomic E-state index is 0.0673. The first kappa shape index (κ1) is 20.2. The van der Waals surface area contributed by atoms with E-state index in [9.17, 15) is 14.7 Å². The highest BCUT2D eigenvalue weighted by Gasteiger charge is 2.51. The van der Waals surface area contributed by atoms with Crippen molar-refractivity contribution in [2.24, 2.45) is 5.92 Å². The van der Waals surface area contributed by atoms with E-state index >= 15 is 0 Å². The fourth-order valence-corrected chi connectivity index (χ4v) is 7.40. The van der Waals surface area contributed by atoms with Gasteiger partial charge in [0.2, 0.25) is 0 Å². The van der Waals surface area contributed by atoms with Gasteiger partial charge in [-0.1, -0.05) is 0 Å². The molecule has 10 heteroatoms. The van der Waals surface area contributed by atoms with Gasteiger partial charge in [-0.25, -0.2) is 4.67 Å². The second kappa shape index (κ2) is 8.61. The zero-order valence-electron chi connectivity index (χ0n) is 14.4. The molecule has 26 heavy (non-hydrogen) atoms. The molecule has 2 saturated carbocycles. The fraction of sp³-hybridized carbons (Fsp3) is 0.750. The molecule has 0 aromatic carbocycles. The monoisotopic (exact) mass is 424 g/mol. The lowest BCUT2D eigenvalue weighted by atomic mass is 10.2. The van der Waals surface area contributed by atoms with Crippen molar-refractivity contribution >= 4 is 36.6 Å². The first-order chi connectivity index (χ1) is 12.5. The molecule has 0 bridgehead atoms. The molecule has 1 aromatic heterocycles. The molecule has 1 aromatic rings. The van der Waals surface area contributed by atoms with Crippen LogP contribution in [0, 0.1) is 16.0 Å². The van der Waals surface area contributed by atoms with Gasteiger partial charge in [-0.2, -0.15) is 0 Å². The molecule has 7 nitrogen and oxygen atoms in total. The van der Waals surface area contributed by atoms with Gasteiger partial charge in [0.1, 0.15) is 17.3 Å². The van der Waals surface area contributed by atoms with E-state index in [1.54, 1.807) is 0 Å². The topological polar surface area (TPSA) is 85.8 Å². The number of hydrogen-bond donors (Lipinski definition) is 0. The Balaban J connectivity index is 1.81. The summed E-state index contributed by atoms with van der Waals surface area (Å²) >= 11 is 12.0. The maximum atomic E-state index is 14.1. The number of nitrogens with zero attached hydrogens (tertiary/aromatic N) is 2. The second-order valence-corrected chi connectivity index (χ2v) is 10.1. The SMILES string of the molecule is O=[N+]([O-])c1ccc(COP(=O)(C(CCCl)C2CC2)N(CCCl)C2CC2)o1. The van der Waals surface area contributed by atoms with Crippen molar-refractivity contribution in [2.45, 2.75) is 50.4 Å². The Kier molecular flexibility index (Phi) is 6.68. The summed E-state index contributed by atoms with van der Waals surface area (Å²) in [4.78, 5) is 10.2. The molecule has 2 unspecified atom stereocenters. The summed E-state index contributed by atoms with van der Waals surface area (Å²) in [6.07, 6.45) is 4.64. The van der Waals surface area contributed by atoms with Crippen LogP contribution in [-0.4, -0.2) is 39.6 Å². The van der Waals surface area contributed by atoms with Crippen molar-refractivity contribution in [1.29, 1.82) is 0 Å². The van der Waals surface area contributed by atoms with Crippen LogP contribution in [0.25, 0.3) is 0 Å². The third-order valence-electron chi connectivity index (χ3n) is 4.85. The normalized spacial score (nSPS) is 20.9. The lowest BCUT2D eigenvalue weighted by Gasteiger charge is -2.36. The van der Waals surface area contributed by atoms with Crippen LogP contribution in [0.5, 0.6) is 0 Å². The van der Waals surface area contributed by atoms with E-state index in [0.29, 0.717) is 36.4 Å². The lowest BCUT2D eigenvalue weighted by molar-refractivity contribution is -0.402. The highest BCUT2D eigenvalue weighted by Crippen LogP contribution is 2.65. The standard InChI is InChI=1S/C16H23Cl2N2O5P/c17-8-7-15(12-1-2-12)26(23,19(10-9-18)13-3-4-13)24-11-14-5-6-16(25-14)20(21)22/h5-6,12-13,15H,1-4,7-11H2. The highest BCUT2D eigenvalue weighted by molar-refractivity contribution is 7.57. The van der Waals surface area contributed by atoms with Crippen molar-refractivity contribution in [1.82, 2.24) is 4.67 Å². The molecule has 1 heterocycles. The molecule has 0 radical (unpaired) electrons. The van der Waals surface area contributed by atoms with Crippen LogP contribution in [0.4, 0.5) is 5.88 Å². The zero-order chi connectivity index (χ0) is 18.7. The summed E-state index contributed by atoms with van der Waals surface area (Å²) in [6, 6.07) is 2.99. The summed E-state index contributed by atoms with van der Waals surface area (Å²) in [7, 11) is -3.21. The predicted molar refractivity (Wildman–Crippen MR) is 100 cm³/mol. The summed E-state index contributed by atoms with van der Waals surface area (Å²) in [6.45, 7) is 0.426. The summed E-state index contributed by atoms with van der Waals surface area (Å²) < 4.78 is 27.2. The molecular formula is C16H23Cl2N2O5P. The number of hydrogen-bond acceptors (Lipinski definition) is 5. The van der Waals surface area contributed by atoms with Gasteiger partial charge in [0.25, 0.3) is 7.52 Å². The number of alkyl halides is 2. The van der Waals surface area contributed by atoms with Gasteiger partial charge in [0, 0.05) is 24.3 Å². The number of furan rings is 1. The van der Waals surface area contributed by atoms with Gasteiger partial charge in [0.15, 0.2) is 0 Å². The quantitative estimate of drug-likeness (QED) is 0.203. The van der Waals surface area contributed by atoms with E-state index < -0.39 is 12.4 Å². The van der Waals surface area contributed by atoms with Gasteiger partial charge >= 0.3 is 5.88 Å². The van der Waals surface area contributed by atoms with Gasteiger partial charge in [0.05, 0.1) is 11.7 Å². The maximum Gasteiger partial charge on any atom is 0.433 e. The molecule has 0 amide bonds. The molecule has 146 valence electrons. The van der Waals surface area contributed by atoms with Crippen molar-refractivity contribution in [3.63, 3.8) is 0 Å². The van der Waals surface area contributed by atoms with E-state index in [0.717, 1.165) is 25.7 Å². The highest BCUT2D eigenvalue weighted by atomic mass is 35.5. The molecule has 0 aliphatic heterocycles. The largest absolute Gasteiger partial charge is 0.433 e. The molecular weight excluding hydrogens is 402 g/mol. The summed E-state index contributed by atoms with van der Waals surface area (Å²) in [5.74, 6) is 1.08. The van der Waals surface area contributed by atoms with Crippen LogP contribution in [-0.2, 0) is 15.7 Å². The molecule has 2 atom stereocenters. The maximum absolute atomic E-state index is 14.1. The van der Waals surface area contributed by atoms with Crippen molar-refractivity contribution in [3.05, 3.63) is 28.0 Å². The zero-order valence-corrected chi connectivity index (χ0v) is 16.8. The Labute approximate surface area is 162 Å². The minimum Gasteiger partial charge on any atom is -0.403 e. The Morgan fingerprint density at radius 3 is 2.54 bits per heavy atom. The van der Waals surface area contributed by atoms with Gasteiger partial charge in [-0.3, -0.25) is 14.7 Å². The smallest absolute Gasteiger partial charge is 0.403 e. The van der Waals surface area contributed by atoms with E-state index in [1.807, 2.05) is 4.67 Å². The van der Waals surface area contributed by atoms with Crippen molar-refractivity contribution in [2.75, 3.05) is 18.3 Å². The Bertz CT molecular complexity index is 651.